The molecule has 1 atom stereocenters. The van der Waals surface area contributed by atoms with Crippen molar-refractivity contribution in [1.29, 1.82) is 0 Å². The van der Waals surface area contributed by atoms with Crippen LogP contribution < -0.4 is 0 Å². The van der Waals surface area contributed by atoms with Crippen LogP contribution in [0.4, 0.5) is 0 Å². The Hall–Kier alpha value is -0.260. The lowest BCUT2D eigenvalue weighted by Crippen LogP contribution is -1.84. The topological polar surface area (TPSA) is 0 Å². The molecule has 0 heterocycles. The Morgan fingerprint density at radius 3 is 2.43 bits per heavy atom. The van der Waals surface area contributed by atoms with Gasteiger partial charge in [0, 0.05) is 0 Å². The van der Waals surface area contributed by atoms with Crippen LogP contribution in [0.25, 0.3) is 0 Å². The lowest BCUT2D eigenvalue weighted by Gasteiger charge is -1.98. The van der Waals surface area contributed by atoms with Crippen LogP contribution in [-0.4, -0.2) is 0 Å². The Kier molecular flexibility index (Phi) is 3.77. The summed E-state index contributed by atoms with van der Waals surface area (Å²) in [5, 5.41) is 0. The minimum atomic E-state index is 0.713. The van der Waals surface area contributed by atoms with Gasteiger partial charge in [0.25, 0.3) is 0 Å². The highest BCUT2D eigenvalue weighted by Crippen LogP contribution is 2.03. The first-order valence-electron chi connectivity index (χ1n) is 2.93. The second kappa shape index (κ2) is 3.91. The molecule has 0 N–H and O–H groups in total. The van der Waals surface area contributed by atoms with Gasteiger partial charge >= 0.3 is 0 Å². The van der Waals surface area contributed by atoms with Crippen LogP contribution in [-0.2, 0) is 0 Å². The monoisotopic (exact) mass is 98.1 g/mol. The minimum absolute atomic E-state index is 0.713. The summed E-state index contributed by atoms with van der Waals surface area (Å²) >= 11 is 0. The third-order valence-electron chi connectivity index (χ3n) is 1.15. The second-order valence-corrected chi connectivity index (χ2v) is 2.00. The van der Waals surface area contributed by atoms with Gasteiger partial charge in [0.1, 0.15) is 0 Å². The first-order valence-corrected chi connectivity index (χ1v) is 2.93. The third kappa shape index (κ3) is 3.57. The smallest absolute Gasteiger partial charge is 0.0265 e. The Morgan fingerprint density at radius 2 is 2.29 bits per heavy atom. The van der Waals surface area contributed by atoms with E-state index in [1.165, 1.54) is 12.8 Å². The SMILES string of the molecule is C=C[C@H](C)CCC. The Morgan fingerprint density at radius 1 is 1.71 bits per heavy atom. The van der Waals surface area contributed by atoms with Gasteiger partial charge in [-0.1, -0.05) is 26.3 Å². The molecule has 0 saturated carbocycles. The van der Waals surface area contributed by atoms with Crippen LogP contribution in [0.15, 0.2) is 12.7 Å². The Labute approximate surface area is 46.2 Å². The highest BCUT2D eigenvalue weighted by atomic mass is 13.9. The summed E-state index contributed by atoms with van der Waals surface area (Å²) in [7, 11) is 0. The maximum atomic E-state index is 3.68. The zero-order valence-electron chi connectivity index (χ0n) is 5.28. The Balaban J connectivity index is 2.98. The highest BCUT2D eigenvalue weighted by molar-refractivity contribution is 4.73. The zero-order valence-corrected chi connectivity index (χ0v) is 5.28. The maximum absolute atomic E-state index is 3.68. The van der Waals surface area contributed by atoms with Gasteiger partial charge in [0.05, 0.1) is 0 Å². The minimum Gasteiger partial charge on any atom is -0.103 e. The van der Waals surface area contributed by atoms with E-state index < -0.39 is 0 Å². The summed E-state index contributed by atoms with van der Waals surface area (Å²) < 4.78 is 0. The molecule has 0 heteroatoms. The Bertz CT molecular complexity index is 46.0. The van der Waals surface area contributed by atoms with Gasteiger partial charge in [-0.25, -0.2) is 0 Å². The highest BCUT2D eigenvalue weighted by Gasteiger charge is 1.89. The van der Waals surface area contributed by atoms with Crippen LogP contribution in [0.2, 0.25) is 0 Å². The molecule has 0 aromatic carbocycles. The normalized spacial score (nSPS) is 13.4. The average Bonchev–Trinajstić information content (AvgIpc) is 1.68. The largest absolute Gasteiger partial charge is 0.103 e. The molecule has 0 aliphatic carbocycles. The van der Waals surface area contributed by atoms with Gasteiger partial charge in [0.2, 0.25) is 0 Å². The van der Waals surface area contributed by atoms with Crippen molar-refractivity contribution < 1.29 is 0 Å². The van der Waals surface area contributed by atoms with Crippen molar-refractivity contribution in [1.82, 2.24) is 0 Å². The number of rotatable bonds is 3. The molecular weight excluding hydrogens is 84.1 g/mol. The molecule has 42 valence electrons. The molecule has 0 aliphatic heterocycles. The van der Waals surface area contributed by atoms with E-state index in [0.717, 1.165) is 0 Å². The predicted octanol–water partition coefficient (Wildman–Crippen LogP) is 2.61. The second-order valence-electron chi connectivity index (χ2n) is 2.00. The van der Waals surface area contributed by atoms with Crippen molar-refractivity contribution in [2.45, 2.75) is 26.7 Å². The van der Waals surface area contributed by atoms with Gasteiger partial charge in [-0.3, -0.25) is 0 Å². The fourth-order valence-corrected chi connectivity index (χ4v) is 0.573. The molecule has 0 unspecified atom stereocenters. The first kappa shape index (κ1) is 6.74. The van der Waals surface area contributed by atoms with E-state index in [0.29, 0.717) is 5.92 Å². The molecule has 0 spiro atoms. The van der Waals surface area contributed by atoms with E-state index in [2.05, 4.69) is 20.4 Å². The summed E-state index contributed by atoms with van der Waals surface area (Å²) in [6.07, 6.45) is 4.56. The summed E-state index contributed by atoms with van der Waals surface area (Å²) in [5.41, 5.74) is 0. The van der Waals surface area contributed by atoms with Gasteiger partial charge in [-0.05, 0) is 12.3 Å². The van der Waals surface area contributed by atoms with Crippen molar-refractivity contribution in [2.75, 3.05) is 0 Å². The van der Waals surface area contributed by atoms with E-state index in [-0.39, 0.29) is 0 Å². The third-order valence-corrected chi connectivity index (χ3v) is 1.15. The van der Waals surface area contributed by atoms with E-state index in [1.807, 2.05) is 6.08 Å². The molecule has 0 nitrogen and oxygen atoms in total. The van der Waals surface area contributed by atoms with Crippen LogP contribution in [0, 0.1) is 5.92 Å². The predicted molar refractivity (Wildman–Crippen MR) is 34.3 cm³/mol. The molecule has 0 aromatic rings. The number of hydrogen-bond donors (Lipinski definition) is 0. The quantitative estimate of drug-likeness (QED) is 0.476. The standard InChI is InChI=1S/C7H14/c1-4-6-7(3)5-2/h5,7H,2,4,6H2,1,3H3/t7-/m0/s1. The number of allylic oxidation sites excluding steroid dienone is 1. The molecule has 0 aromatic heterocycles. The zero-order chi connectivity index (χ0) is 5.70. The number of hydrogen-bond acceptors (Lipinski definition) is 0. The summed E-state index contributed by atoms with van der Waals surface area (Å²) in [4.78, 5) is 0. The molecule has 0 rings (SSSR count). The lowest BCUT2D eigenvalue weighted by molar-refractivity contribution is 0.635. The molecule has 0 fully saturated rings. The molecule has 7 heavy (non-hydrogen) atoms. The van der Waals surface area contributed by atoms with Crippen molar-refractivity contribution >= 4 is 0 Å². The van der Waals surface area contributed by atoms with Crippen LogP contribution in [0.1, 0.15) is 26.7 Å². The summed E-state index contributed by atoms with van der Waals surface area (Å²) in [6, 6.07) is 0. The fraction of sp³-hybridized carbons (Fsp3) is 0.714. The molecule has 0 bridgehead atoms. The van der Waals surface area contributed by atoms with Gasteiger partial charge in [0.15, 0.2) is 0 Å². The van der Waals surface area contributed by atoms with Gasteiger partial charge in [-0.15, -0.1) is 6.58 Å². The average molecular weight is 98.2 g/mol. The molecule has 0 aliphatic rings. The maximum Gasteiger partial charge on any atom is -0.0265 e. The van der Waals surface area contributed by atoms with Crippen molar-refractivity contribution in [3.8, 4) is 0 Å². The van der Waals surface area contributed by atoms with Crippen molar-refractivity contribution in [2.24, 2.45) is 5.92 Å². The van der Waals surface area contributed by atoms with Gasteiger partial charge < -0.3 is 0 Å². The van der Waals surface area contributed by atoms with E-state index in [9.17, 15) is 0 Å². The molecule has 0 saturated heterocycles. The first-order chi connectivity index (χ1) is 3.31. The van der Waals surface area contributed by atoms with Gasteiger partial charge in [-0.2, -0.15) is 0 Å². The van der Waals surface area contributed by atoms with E-state index >= 15 is 0 Å². The van der Waals surface area contributed by atoms with Crippen molar-refractivity contribution in [3.63, 3.8) is 0 Å². The molecule has 0 radical (unpaired) electrons. The summed E-state index contributed by atoms with van der Waals surface area (Å²) in [6.45, 7) is 8.06. The molecular formula is C7H14. The van der Waals surface area contributed by atoms with Crippen LogP contribution in [0.3, 0.4) is 0 Å². The van der Waals surface area contributed by atoms with Crippen LogP contribution >= 0.6 is 0 Å². The fourth-order valence-electron chi connectivity index (χ4n) is 0.573. The van der Waals surface area contributed by atoms with E-state index in [4.69, 9.17) is 0 Å². The van der Waals surface area contributed by atoms with Crippen LogP contribution in [0.5, 0.6) is 0 Å². The van der Waals surface area contributed by atoms with E-state index in [1.54, 1.807) is 0 Å². The molecule has 0 amide bonds. The van der Waals surface area contributed by atoms with Crippen molar-refractivity contribution in [3.05, 3.63) is 12.7 Å². The lowest BCUT2D eigenvalue weighted by atomic mass is 10.1. The summed E-state index contributed by atoms with van der Waals surface area (Å²) in [5.74, 6) is 0.713.